The lowest BCUT2D eigenvalue weighted by molar-refractivity contribution is 0.530. The minimum atomic E-state index is -0.333. The van der Waals surface area contributed by atoms with Gasteiger partial charge in [-0.25, -0.2) is 4.39 Å². The second-order valence-corrected chi connectivity index (χ2v) is 5.38. The summed E-state index contributed by atoms with van der Waals surface area (Å²) in [7, 11) is 0. The topological polar surface area (TPSA) is 26.0 Å². The average Bonchev–Trinajstić information content (AvgIpc) is 2.98. The van der Waals surface area contributed by atoms with Crippen LogP contribution in [0.4, 0.5) is 4.39 Å². The standard InChI is InChI=1S/C13H17ClFN/c1-9(4-5-13(16)6-7-13)10-2-3-11(14)12(15)8-10/h2-3,8-9H,4-7,16H2,1H3. The molecule has 1 aromatic carbocycles. The molecule has 1 aliphatic carbocycles. The summed E-state index contributed by atoms with van der Waals surface area (Å²) in [5.74, 6) is 0.00712. The van der Waals surface area contributed by atoms with Crippen molar-refractivity contribution in [2.75, 3.05) is 0 Å². The summed E-state index contributed by atoms with van der Waals surface area (Å²) in [6.45, 7) is 2.11. The first-order valence-electron chi connectivity index (χ1n) is 5.74. The molecule has 1 aromatic rings. The molecule has 2 rings (SSSR count). The van der Waals surface area contributed by atoms with Crippen molar-refractivity contribution < 1.29 is 4.39 Å². The van der Waals surface area contributed by atoms with Crippen LogP contribution in [0, 0.1) is 5.82 Å². The molecular weight excluding hydrogens is 225 g/mol. The van der Waals surface area contributed by atoms with E-state index in [4.69, 9.17) is 17.3 Å². The van der Waals surface area contributed by atoms with Gasteiger partial charge in [0.1, 0.15) is 5.82 Å². The third-order valence-electron chi connectivity index (χ3n) is 3.48. The maximum Gasteiger partial charge on any atom is 0.142 e. The van der Waals surface area contributed by atoms with Crippen LogP contribution in [0.15, 0.2) is 18.2 Å². The molecular formula is C13H17ClFN. The monoisotopic (exact) mass is 241 g/mol. The van der Waals surface area contributed by atoms with E-state index in [9.17, 15) is 4.39 Å². The Bertz CT molecular complexity index is 388. The van der Waals surface area contributed by atoms with Crippen LogP contribution in [0.25, 0.3) is 0 Å². The van der Waals surface area contributed by atoms with Crippen molar-refractivity contribution in [3.63, 3.8) is 0 Å². The summed E-state index contributed by atoms with van der Waals surface area (Å²) in [4.78, 5) is 0. The first kappa shape index (κ1) is 11.9. The highest BCUT2D eigenvalue weighted by Crippen LogP contribution is 2.39. The molecule has 1 aliphatic rings. The Morgan fingerprint density at radius 1 is 1.50 bits per heavy atom. The van der Waals surface area contributed by atoms with Gasteiger partial charge in [0.05, 0.1) is 5.02 Å². The highest BCUT2D eigenvalue weighted by Gasteiger charge is 2.37. The van der Waals surface area contributed by atoms with E-state index in [1.54, 1.807) is 6.07 Å². The number of rotatable bonds is 4. The van der Waals surface area contributed by atoms with Crippen LogP contribution < -0.4 is 5.73 Å². The van der Waals surface area contributed by atoms with E-state index in [0.29, 0.717) is 5.92 Å². The van der Waals surface area contributed by atoms with Gasteiger partial charge in [-0.05, 0) is 49.3 Å². The Balaban J connectivity index is 1.97. The van der Waals surface area contributed by atoms with Gasteiger partial charge in [-0.15, -0.1) is 0 Å². The molecule has 0 heterocycles. The summed E-state index contributed by atoms with van der Waals surface area (Å²) < 4.78 is 13.3. The summed E-state index contributed by atoms with van der Waals surface area (Å²) in [6, 6.07) is 5.05. The predicted molar refractivity (Wildman–Crippen MR) is 65.2 cm³/mol. The normalized spacial score (nSPS) is 19.5. The quantitative estimate of drug-likeness (QED) is 0.851. The number of nitrogens with two attached hydrogens (primary N) is 1. The fourth-order valence-corrected chi connectivity index (χ4v) is 2.02. The number of benzene rings is 1. The molecule has 88 valence electrons. The third-order valence-corrected chi connectivity index (χ3v) is 3.79. The maximum absolute atomic E-state index is 13.3. The zero-order valence-corrected chi connectivity index (χ0v) is 10.2. The van der Waals surface area contributed by atoms with Crippen LogP contribution in [-0.2, 0) is 0 Å². The lowest BCUT2D eigenvalue weighted by Crippen LogP contribution is -2.21. The fraction of sp³-hybridized carbons (Fsp3) is 0.538. The number of hydrogen-bond donors (Lipinski definition) is 1. The maximum atomic E-state index is 13.3. The van der Waals surface area contributed by atoms with Crippen molar-refractivity contribution in [3.8, 4) is 0 Å². The van der Waals surface area contributed by atoms with Crippen LogP contribution >= 0.6 is 11.6 Å². The van der Waals surface area contributed by atoms with E-state index >= 15 is 0 Å². The molecule has 1 nitrogen and oxygen atoms in total. The summed E-state index contributed by atoms with van der Waals surface area (Å²) in [5, 5.41) is 0.188. The average molecular weight is 242 g/mol. The number of hydrogen-bond acceptors (Lipinski definition) is 1. The van der Waals surface area contributed by atoms with Gasteiger partial charge in [-0.2, -0.15) is 0 Å². The molecule has 0 radical (unpaired) electrons. The van der Waals surface area contributed by atoms with Crippen LogP contribution in [0.3, 0.4) is 0 Å². The van der Waals surface area contributed by atoms with Crippen molar-refractivity contribution in [1.82, 2.24) is 0 Å². The van der Waals surface area contributed by atoms with Crippen LogP contribution in [0.2, 0.25) is 5.02 Å². The summed E-state index contributed by atoms with van der Waals surface area (Å²) in [6.07, 6.45) is 4.30. The van der Waals surface area contributed by atoms with Crippen LogP contribution in [0.1, 0.15) is 44.1 Å². The zero-order chi connectivity index (χ0) is 11.8. The van der Waals surface area contributed by atoms with Gasteiger partial charge in [-0.1, -0.05) is 24.6 Å². The van der Waals surface area contributed by atoms with Gasteiger partial charge in [-0.3, -0.25) is 0 Å². The van der Waals surface area contributed by atoms with Gasteiger partial charge < -0.3 is 5.73 Å². The first-order valence-corrected chi connectivity index (χ1v) is 6.12. The highest BCUT2D eigenvalue weighted by atomic mass is 35.5. The van der Waals surface area contributed by atoms with Crippen molar-refractivity contribution in [1.29, 1.82) is 0 Å². The molecule has 0 aliphatic heterocycles. The van der Waals surface area contributed by atoms with E-state index in [1.165, 1.54) is 6.07 Å². The lowest BCUT2D eigenvalue weighted by atomic mass is 9.93. The van der Waals surface area contributed by atoms with Crippen molar-refractivity contribution in [2.24, 2.45) is 5.73 Å². The van der Waals surface area contributed by atoms with Crippen LogP contribution in [0.5, 0.6) is 0 Å². The van der Waals surface area contributed by atoms with E-state index < -0.39 is 0 Å². The Hall–Kier alpha value is -0.600. The molecule has 1 unspecified atom stereocenters. The third kappa shape index (κ3) is 2.74. The summed E-state index contributed by atoms with van der Waals surface area (Å²) in [5.41, 5.74) is 7.12. The molecule has 1 atom stereocenters. The Morgan fingerprint density at radius 3 is 2.75 bits per heavy atom. The minimum absolute atomic E-state index is 0.0826. The molecule has 1 fully saturated rings. The zero-order valence-electron chi connectivity index (χ0n) is 9.47. The van der Waals surface area contributed by atoms with Crippen molar-refractivity contribution >= 4 is 11.6 Å². The molecule has 0 amide bonds. The van der Waals surface area contributed by atoms with Crippen molar-refractivity contribution in [2.45, 2.75) is 44.1 Å². The fourth-order valence-electron chi connectivity index (χ4n) is 1.90. The Labute approximate surface area is 101 Å². The van der Waals surface area contributed by atoms with Gasteiger partial charge in [0.15, 0.2) is 0 Å². The molecule has 0 spiro atoms. The molecule has 0 aromatic heterocycles. The van der Waals surface area contributed by atoms with Gasteiger partial charge >= 0.3 is 0 Å². The summed E-state index contributed by atoms with van der Waals surface area (Å²) >= 11 is 5.65. The molecule has 3 heteroatoms. The largest absolute Gasteiger partial charge is 0.325 e. The van der Waals surface area contributed by atoms with E-state index in [1.807, 2.05) is 6.07 Å². The molecule has 2 N–H and O–H groups in total. The molecule has 1 saturated carbocycles. The second-order valence-electron chi connectivity index (χ2n) is 4.98. The SMILES string of the molecule is CC(CCC1(N)CC1)c1ccc(Cl)c(F)c1. The predicted octanol–water partition coefficient (Wildman–Crippen LogP) is 3.85. The Morgan fingerprint density at radius 2 is 2.19 bits per heavy atom. The highest BCUT2D eigenvalue weighted by molar-refractivity contribution is 6.30. The lowest BCUT2D eigenvalue weighted by Gasteiger charge is -2.15. The van der Waals surface area contributed by atoms with Gasteiger partial charge in [0.2, 0.25) is 0 Å². The van der Waals surface area contributed by atoms with Crippen molar-refractivity contribution in [3.05, 3.63) is 34.6 Å². The van der Waals surface area contributed by atoms with Gasteiger partial charge in [0, 0.05) is 5.54 Å². The van der Waals surface area contributed by atoms with Gasteiger partial charge in [0.25, 0.3) is 0 Å². The first-order chi connectivity index (χ1) is 7.50. The van der Waals surface area contributed by atoms with E-state index in [2.05, 4.69) is 6.92 Å². The molecule has 16 heavy (non-hydrogen) atoms. The molecule has 0 bridgehead atoms. The number of halogens is 2. The van der Waals surface area contributed by atoms with E-state index in [0.717, 1.165) is 31.2 Å². The smallest absolute Gasteiger partial charge is 0.142 e. The molecule has 0 saturated heterocycles. The van der Waals surface area contributed by atoms with E-state index in [-0.39, 0.29) is 16.4 Å². The minimum Gasteiger partial charge on any atom is -0.325 e. The second kappa shape index (κ2) is 4.34. The Kier molecular flexibility index (Phi) is 3.22. The van der Waals surface area contributed by atoms with Crippen LogP contribution in [-0.4, -0.2) is 5.54 Å².